The number of rotatable bonds is 12. The fraction of sp³-hybridized carbons (Fsp3) is 0.280. The molecule has 2 aromatic rings. The standard InChI is InChI=1S/C25H27N5O8/c31-20(27-11-22(33)29-13-24(35)36)9-26-21(32)10-28-23(34)12-30-25(37)38-14-19-17-7-3-1-5-15(17)16-6-2-4-8-18(16)19/h1-8,19H,9-14H2,(H,26,32)(H,27,31)(H,28,34)(H,29,33)(H,30,37)(H,35,36). The summed E-state index contributed by atoms with van der Waals surface area (Å²) in [5.74, 6) is -4.07. The second kappa shape index (κ2) is 13.4. The molecule has 6 N–H and O–H groups in total. The van der Waals surface area contributed by atoms with Crippen molar-refractivity contribution in [2.75, 3.05) is 39.3 Å². The van der Waals surface area contributed by atoms with Crippen LogP contribution in [0.2, 0.25) is 0 Å². The molecular formula is C25H27N5O8. The van der Waals surface area contributed by atoms with Gasteiger partial charge in [-0.3, -0.25) is 24.0 Å². The molecule has 0 saturated carbocycles. The number of carbonyl (C=O) groups excluding carboxylic acids is 5. The minimum Gasteiger partial charge on any atom is -0.480 e. The number of amides is 5. The molecule has 0 unspecified atom stereocenters. The molecule has 0 heterocycles. The summed E-state index contributed by atoms with van der Waals surface area (Å²) in [6.07, 6.45) is -0.782. The average molecular weight is 526 g/mol. The Bertz CT molecular complexity index is 1190. The van der Waals surface area contributed by atoms with Crippen molar-refractivity contribution in [1.29, 1.82) is 0 Å². The Morgan fingerprint density at radius 1 is 0.605 bits per heavy atom. The van der Waals surface area contributed by atoms with Gasteiger partial charge in [-0.15, -0.1) is 0 Å². The van der Waals surface area contributed by atoms with Gasteiger partial charge in [0.25, 0.3) is 0 Å². The van der Waals surface area contributed by atoms with Crippen LogP contribution in [0.5, 0.6) is 0 Å². The normalized spacial score (nSPS) is 11.4. The van der Waals surface area contributed by atoms with Crippen LogP contribution in [0.1, 0.15) is 17.0 Å². The van der Waals surface area contributed by atoms with Crippen LogP contribution in [0.4, 0.5) is 4.79 Å². The number of alkyl carbamates (subject to hydrolysis) is 1. The largest absolute Gasteiger partial charge is 0.480 e. The van der Waals surface area contributed by atoms with Gasteiger partial charge in [0.1, 0.15) is 19.7 Å². The monoisotopic (exact) mass is 525 g/mol. The van der Waals surface area contributed by atoms with Crippen LogP contribution in [-0.2, 0) is 28.7 Å². The molecule has 0 spiro atoms. The first-order valence-corrected chi connectivity index (χ1v) is 11.6. The third kappa shape index (κ3) is 8.05. The molecule has 0 fully saturated rings. The number of nitrogens with one attached hydrogen (secondary N) is 5. The Morgan fingerprint density at radius 2 is 1.00 bits per heavy atom. The van der Waals surface area contributed by atoms with Crippen molar-refractivity contribution in [2.45, 2.75) is 5.92 Å². The van der Waals surface area contributed by atoms with Crippen LogP contribution >= 0.6 is 0 Å². The maximum atomic E-state index is 12.1. The molecule has 0 aromatic heterocycles. The lowest BCUT2D eigenvalue weighted by atomic mass is 9.98. The second-order valence-corrected chi connectivity index (χ2v) is 8.18. The van der Waals surface area contributed by atoms with Crippen molar-refractivity contribution >= 4 is 35.7 Å². The Morgan fingerprint density at radius 3 is 1.45 bits per heavy atom. The molecule has 0 radical (unpaired) electrons. The summed E-state index contributed by atoms with van der Waals surface area (Å²) in [5, 5.41) is 19.6. The number of carboxylic acid groups (broad SMARTS) is 1. The summed E-state index contributed by atoms with van der Waals surface area (Å²) >= 11 is 0. The lowest BCUT2D eigenvalue weighted by molar-refractivity contribution is -0.137. The SMILES string of the molecule is O=C(O)CNC(=O)CNC(=O)CNC(=O)CNC(=O)CNC(=O)OCC1c2ccccc2-c2ccccc21. The highest BCUT2D eigenvalue weighted by atomic mass is 16.5. The molecule has 2 aromatic carbocycles. The van der Waals surface area contributed by atoms with Crippen molar-refractivity contribution in [3.8, 4) is 11.1 Å². The summed E-state index contributed by atoms with van der Waals surface area (Å²) in [7, 11) is 0. The van der Waals surface area contributed by atoms with Gasteiger partial charge >= 0.3 is 12.1 Å². The van der Waals surface area contributed by atoms with Crippen molar-refractivity contribution in [3.05, 3.63) is 59.7 Å². The first-order valence-electron chi connectivity index (χ1n) is 11.6. The van der Waals surface area contributed by atoms with Crippen molar-refractivity contribution < 1.29 is 38.6 Å². The molecular weight excluding hydrogens is 498 g/mol. The molecule has 38 heavy (non-hydrogen) atoms. The third-order valence-corrected chi connectivity index (χ3v) is 5.51. The average Bonchev–Trinajstić information content (AvgIpc) is 3.23. The highest BCUT2D eigenvalue weighted by molar-refractivity contribution is 5.91. The maximum absolute atomic E-state index is 12.1. The minimum atomic E-state index is -1.23. The fourth-order valence-electron chi connectivity index (χ4n) is 3.76. The van der Waals surface area contributed by atoms with Crippen LogP contribution in [0.25, 0.3) is 11.1 Å². The van der Waals surface area contributed by atoms with Crippen LogP contribution in [0.15, 0.2) is 48.5 Å². The summed E-state index contributed by atoms with van der Waals surface area (Å²) in [6.45, 7) is -2.28. The van der Waals surface area contributed by atoms with Gasteiger partial charge in [-0.25, -0.2) is 4.79 Å². The van der Waals surface area contributed by atoms with Crippen LogP contribution < -0.4 is 26.6 Å². The van der Waals surface area contributed by atoms with E-state index in [2.05, 4.69) is 26.6 Å². The number of carboxylic acids is 1. The summed E-state index contributed by atoms with van der Waals surface area (Å²) in [6, 6.07) is 15.8. The zero-order valence-corrected chi connectivity index (χ0v) is 20.2. The van der Waals surface area contributed by atoms with Gasteiger partial charge < -0.3 is 36.4 Å². The first-order chi connectivity index (χ1) is 18.2. The van der Waals surface area contributed by atoms with Gasteiger partial charge in [0, 0.05) is 5.92 Å². The van der Waals surface area contributed by atoms with Crippen molar-refractivity contribution in [3.63, 3.8) is 0 Å². The van der Waals surface area contributed by atoms with E-state index in [-0.39, 0.29) is 12.5 Å². The summed E-state index contributed by atoms with van der Waals surface area (Å²) in [4.78, 5) is 69.2. The molecule has 1 aliphatic rings. The molecule has 13 nitrogen and oxygen atoms in total. The predicted octanol–water partition coefficient (Wildman–Crippen LogP) is -0.925. The van der Waals surface area contributed by atoms with E-state index in [1.165, 1.54) is 0 Å². The maximum Gasteiger partial charge on any atom is 0.407 e. The van der Waals surface area contributed by atoms with E-state index in [0.29, 0.717) is 0 Å². The Kier molecular flexibility index (Phi) is 9.74. The van der Waals surface area contributed by atoms with E-state index < -0.39 is 68.4 Å². The van der Waals surface area contributed by atoms with Crippen LogP contribution in [0, 0.1) is 0 Å². The van der Waals surface area contributed by atoms with Gasteiger partial charge in [-0.2, -0.15) is 0 Å². The van der Waals surface area contributed by atoms with Gasteiger partial charge in [0.05, 0.1) is 19.6 Å². The highest BCUT2D eigenvalue weighted by Crippen LogP contribution is 2.44. The Labute approximate surface area is 217 Å². The van der Waals surface area contributed by atoms with E-state index in [0.717, 1.165) is 22.3 Å². The molecule has 0 aliphatic heterocycles. The Balaban J connectivity index is 1.30. The number of ether oxygens (including phenoxy) is 1. The lowest BCUT2D eigenvalue weighted by Crippen LogP contribution is -2.46. The topological polar surface area (TPSA) is 192 Å². The number of benzene rings is 2. The summed E-state index contributed by atoms with van der Waals surface area (Å²) < 4.78 is 5.34. The molecule has 3 rings (SSSR count). The lowest BCUT2D eigenvalue weighted by Gasteiger charge is -2.14. The minimum absolute atomic E-state index is 0.0904. The smallest absolute Gasteiger partial charge is 0.407 e. The quantitative estimate of drug-likeness (QED) is 0.205. The van der Waals surface area contributed by atoms with Gasteiger partial charge in [-0.1, -0.05) is 48.5 Å². The zero-order chi connectivity index (χ0) is 27.5. The van der Waals surface area contributed by atoms with E-state index in [1.807, 2.05) is 48.5 Å². The van der Waals surface area contributed by atoms with E-state index in [9.17, 15) is 28.8 Å². The van der Waals surface area contributed by atoms with Gasteiger partial charge in [0.15, 0.2) is 0 Å². The molecule has 0 saturated heterocycles. The molecule has 5 amide bonds. The molecule has 1 aliphatic carbocycles. The first kappa shape index (κ1) is 27.6. The zero-order valence-electron chi connectivity index (χ0n) is 20.2. The highest BCUT2D eigenvalue weighted by Gasteiger charge is 2.29. The Hall–Kier alpha value is -4.94. The molecule has 0 bridgehead atoms. The van der Waals surface area contributed by atoms with Gasteiger partial charge in [-0.05, 0) is 22.3 Å². The third-order valence-electron chi connectivity index (χ3n) is 5.51. The number of carbonyl (C=O) groups is 6. The van der Waals surface area contributed by atoms with E-state index >= 15 is 0 Å². The molecule has 200 valence electrons. The van der Waals surface area contributed by atoms with E-state index in [1.54, 1.807) is 0 Å². The second-order valence-electron chi connectivity index (χ2n) is 8.18. The van der Waals surface area contributed by atoms with Crippen molar-refractivity contribution in [1.82, 2.24) is 26.6 Å². The predicted molar refractivity (Wildman–Crippen MR) is 133 cm³/mol. The summed E-state index contributed by atoms with van der Waals surface area (Å²) in [5.41, 5.74) is 4.29. The van der Waals surface area contributed by atoms with Crippen molar-refractivity contribution in [2.24, 2.45) is 0 Å². The number of hydrogen-bond acceptors (Lipinski definition) is 7. The van der Waals surface area contributed by atoms with Gasteiger partial charge in [0.2, 0.25) is 23.6 Å². The number of aliphatic carboxylic acids is 1. The fourth-order valence-corrected chi connectivity index (χ4v) is 3.76. The van der Waals surface area contributed by atoms with E-state index in [4.69, 9.17) is 9.84 Å². The number of fused-ring (bicyclic) bond motifs is 3. The molecule has 0 atom stereocenters. The van der Waals surface area contributed by atoms with Crippen LogP contribution in [-0.4, -0.2) is 80.1 Å². The number of hydrogen-bond donors (Lipinski definition) is 6. The van der Waals surface area contributed by atoms with Crippen LogP contribution in [0.3, 0.4) is 0 Å². The molecule has 13 heteroatoms.